The molecule has 0 unspecified atom stereocenters. The van der Waals surface area contributed by atoms with E-state index in [1.54, 1.807) is 7.11 Å². The number of amides is 1. The van der Waals surface area contributed by atoms with Gasteiger partial charge < -0.3 is 14.2 Å². The Hall–Kier alpha value is -3.16. The second-order valence-electron chi connectivity index (χ2n) is 9.41. The van der Waals surface area contributed by atoms with Gasteiger partial charge in [-0.25, -0.2) is 0 Å². The van der Waals surface area contributed by atoms with Crippen LogP contribution in [0.1, 0.15) is 39.3 Å². The molecular formula is C27H29ClN4O3. The largest absolute Gasteiger partial charge is 0.385 e. The van der Waals surface area contributed by atoms with Gasteiger partial charge in [0.25, 0.3) is 5.91 Å². The topological polar surface area (TPSA) is 69.4 Å². The number of halogens is 1. The molecular weight excluding hydrogens is 464 g/mol. The fourth-order valence-corrected chi connectivity index (χ4v) is 5.17. The van der Waals surface area contributed by atoms with Crippen LogP contribution in [0.5, 0.6) is 0 Å². The number of fused-ring (bicyclic) bond motifs is 2. The number of methoxy groups -OCH3 is 1. The first-order chi connectivity index (χ1) is 16.9. The van der Waals surface area contributed by atoms with E-state index < -0.39 is 0 Å². The first-order valence-electron chi connectivity index (χ1n) is 11.9. The lowest BCUT2D eigenvalue weighted by Crippen LogP contribution is -2.51. The van der Waals surface area contributed by atoms with Crippen LogP contribution in [0.4, 0.5) is 0 Å². The Morgan fingerprint density at radius 1 is 1.17 bits per heavy atom. The van der Waals surface area contributed by atoms with Gasteiger partial charge in [-0.05, 0) is 55.3 Å². The van der Waals surface area contributed by atoms with Gasteiger partial charge in [-0.2, -0.15) is 5.10 Å². The van der Waals surface area contributed by atoms with Crippen molar-refractivity contribution in [2.24, 2.45) is 13.0 Å². The third-order valence-corrected chi connectivity index (χ3v) is 7.21. The number of Topliss-reactive ketones (excluding diaryl/α,β-unsaturated/α-hetero) is 1. The molecule has 2 aromatic heterocycles. The Morgan fingerprint density at radius 3 is 2.74 bits per heavy atom. The number of aromatic nitrogens is 3. The van der Waals surface area contributed by atoms with Gasteiger partial charge in [0.05, 0.1) is 5.52 Å². The van der Waals surface area contributed by atoms with Gasteiger partial charge in [0.1, 0.15) is 5.69 Å². The summed E-state index contributed by atoms with van der Waals surface area (Å²) in [5, 5.41) is 7.35. The normalized spacial score (nSPS) is 14.1. The Balaban J connectivity index is 1.24. The lowest BCUT2D eigenvalue weighted by atomic mass is 9.98. The van der Waals surface area contributed by atoms with E-state index in [0.29, 0.717) is 42.8 Å². The summed E-state index contributed by atoms with van der Waals surface area (Å²) in [6.07, 6.45) is 3.22. The fourth-order valence-electron chi connectivity index (χ4n) is 4.99. The van der Waals surface area contributed by atoms with E-state index in [9.17, 15) is 9.59 Å². The maximum absolute atomic E-state index is 13.1. The van der Waals surface area contributed by atoms with E-state index in [-0.39, 0.29) is 11.7 Å². The average Bonchev–Trinajstić information content (AvgIpc) is 3.37. The highest BCUT2D eigenvalue weighted by Crippen LogP contribution is 2.27. The van der Waals surface area contributed by atoms with Gasteiger partial charge >= 0.3 is 0 Å². The van der Waals surface area contributed by atoms with E-state index in [0.717, 1.165) is 45.9 Å². The lowest BCUT2D eigenvalue weighted by molar-refractivity contribution is 0.0452. The van der Waals surface area contributed by atoms with Crippen molar-refractivity contribution in [3.63, 3.8) is 0 Å². The Morgan fingerprint density at radius 2 is 1.97 bits per heavy atom. The van der Waals surface area contributed by atoms with Crippen LogP contribution in [0, 0.1) is 12.8 Å². The summed E-state index contributed by atoms with van der Waals surface area (Å²) in [5.41, 5.74) is 4.27. The van der Waals surface area contributed by atoms with Gasteiger partial charge in [0.2, 0.25) is 0 Å². The summed E-state index contributed by atoms with van der Waals surface area (Å²) in [4.78, 5) is 27.6. The summed E-state index contributed by atoms with van der Waals surface area (Å²) in [5.74, 6) is 0.514. The van der Waals surface area contributed by atoms with Crippen molar-refractivity contribution in [2.45, 2.75) is 26.3 Å². The molecule has 1 saturated heterocycles. The summed E-state index contributed by atoms with van der Waals surface area (Å²) in [6.45, 7) is 4.69. The van der Waals surface area contributed by atoms with Gasteiger partial charge in [-0.3, -0.25) is 14.3 Å². The second-order valence-corrected chi connectivity index (χ2v) is 9.85. The average molecular weight is 493 g/mol. The third kappa shape index (κ3) is 4.46. The Labute approximate surface area is 209 Å². The van der Waals surface area contributed by atoms with Gasteiger partial charge in [0, 0.05) is 85.8 Å². The molecule has 182 valence electrons. The predicted octanol–water partition coefficient (Wildman–Crippen LogP) is 4.87. The minimum absolute atomic E-state index is 0.0363. The van der Waals surface area contributed by atoms with Crippen LogP contribution >= 0.6 is 11.6 Å². The number of hydrogen-bond acceptors (Lipinski definition) is 4. The minimum Gasteiger partial charge on any atom is -0.385 e. The number of ether oxygens (including phenoxy) is 1. The molecule has 2 aromatic carbocycles. The van der Waals surface area contributed by atoms with E-state index in [1.807, 2.05) is 70.7 Å². The lowest BCUT2D eigenvalue weighted by Gasteiger charge is -2.39. The molecule has 0 spiro atoms. The van der Waals surface area contributed by atoms with E-state index in [2.05, 4.69) is 0 Å². The van der Waals surface area contributed by atoms with Crippen molar-refractivity contribution in [2.75, 3.05) is 26.8 Å². The quantitative estimate of drug-likeness (QED) is 0.260. The molecule has 0 atom stereocenters. The molecule has 1 amide bonds. The number of nitrogens with zero attached hydrogens (tertiary/aromatic N) is 4. The predicted molar refractivity (Wildman–Crippen MR) is 137 cm³/mol. The SMILES string of the molecule is COCCCC(=O)c1ccc2nn(CC3CN(C(=O)c4cc5cc(Cl)ccc5n4C)C3)cc2c1C. The first-order valence-corrected chi connectivity index (χ1v) is 12.3. The maximum Gasteiger partial charge on any atom is 0.270 e. The zero-order valence-electron chi connectivity index (χ0n) is 20.3. The van der Waals surface area contributed by atoms with Crippen LogP contribution in [-0.4, -0.2) is 57.7 Å². The van der Waals surface area contributed by atoms with Crippen LogP contribution in [-0.2, 0) is 18.3 Å². The molecule has 8 heteroatoms. The van der Waals surface area contributed by atoms with Crippen molar-refractivity contribution >= 4 is 45.1 Å². The molecule has 0 radical (unpaired) electrons. The summed E-state index contributed by atoms with van der Waals surface area (Å²) >= 11 is 6.11. The number of aryl methyl sites for hydroxylation is 2. The Bertz CT molecular complexity index is 1430. The molecule has 0 bridgehead atoms. The molecule has 1 fully saturated rings. The number of rotatable bonds is 8. The van der Waals surface area contributed by atoms with Crippen LogP contribution in [0.15, 0.2) is 42.6 Å². The number of carbonyl (C=O) groups is 2. The molecule has 0 N–H and O–H groups in total. The first kappa shape index (κ1) is 23.6. The van der Waals surface area contributed by atoms with E-state index in [1.165, 1.54) is 0 Å². The summed E-state index contributed by atoms with van der Waals surface area (Å²) in [7, 11) is 3.56. The number of benzene rings is 2. The van der Waals surface area contributed by atoms with Crippen molar-refractivity contribution in [3.05, 3.63) is 64.4 Å². The molecule has 0 saturated carbocycles. The molecule has 0 aliphatic carbocycles. The highest BCUT2D eigenvalue weighted by molar-refractivity contribution is 6.31. The van der Waals surface area contributed by atoms with Crippen LogP contribution in [0.2, 0.25) is 5.02 Å². The number of ketones is 1. The molecule has 1 aliphatic rings. The number of hydrogen-bond donors (Lipinski definition) is 0. The van der Waals surface area contributed by atoms with Crippen LogP contribution < -0.4 is 0 Å². The van der Waals surface area contributed by atoms with Gasteiger partial charge in [-0.1, -0.05) is 11.6 Å². The van der Waals surface area contributed by atoms with E-state index in [4.69, 9.17) is 21.4 Å². The van der Waals surface area contributed by atoms with Crippen molar-refractivity contribution in [3.8, 4) is 0 Å². The molecule has 35 heavy (non-hydrogen) atoms. The van der Waals surface area contributed by atoms with Crippen molar-refractivity contribution in [1.82, 2.24) is 19.2 Å². The van der Waals surface area contributed by atoms with Gasteiger partial charge in [-0.15, -0.1) is 0 Å². The van der Waals surface area contributed by atoms with Crippen molar-refractivity contribution in [1.29, 1.82) is 0 Å². The minimum atomic E-state index is 0.0363. The van der Waals surface area contributed by atoms with Crippen molar-refractivity contribution < 1.29 is 14.3 Å². The maximum atomic E-state index is 13.1. The summed E-state index contributed by atoms with van der Waals surface area (Å²) < 4.78 is 8.94. The van der Waals surface area contributed by atoms with Gasteiger partial charge in [0.15, 0.2) is 5.78 Å². The monoisotopic (exact) mass is 492 g/mol. The standard InChI is InChI=1S/C27H29ClN4O3/c1-17-21(26(33)5-4-10-35-3)7-8-23-22(17)16-32(29-23)15-18-13-31(14-18)27(34)25-12-19-11-20(28)6-9-24(19)30(25)2/h6-9,11-12,16,18H,4-5,10,13-15H2,1-3H3. The second kappa shape index (κ2) is 9.47. The highest BCUT2D eigenvalue weighted by Gasteiger charge is 2.33. The molecule has 7 nitrogen and oxygen atoms in total. The van der Waals surface area contributed by atoms with Crippen LogP contribution in [0.25, 0.3) is 21.8 Å². The Kier molecular flexibility index (Phi) is 6.38. The number of carbonyl (C=O) groups excluding carboxylic acids is 2. The smallest absolute Gasteiger partial charge is 0.270 e. The van der Waals surface area contributed by atoms with Crippen LogP contribution in [0.3, 0.4) is 0 Å². The molecule has 3 heterocycles. The summed E-state index contributed by atoms with van der Waals surface area (Å²) in [6, 6.07) is 11.4. The third-order valence-electron chi connectivity index (χ3n) is 6.97. The zero-order valence-corrected chi connectivity index (χ0v) is 21.0. The fraction of sp³-hybridized carbons (Fsp3) is 0.370. The molecule has 5 rings (SSSR count). The zero-order chi connectivity index (χ0) is 24.7. The van der Waals surface area contributed by atoms with E-state index >= 15 is 0 Å². The highest BCUT2D eigenvalue weighted by atomic mass is 35.5. The number of likely N-dealkylation sites (tertiary alicyclic amines) is 1. The molecule has 1 aliphatic heterocycles. The molecule has 4 aromatic rings.